The Morgan fingerprint density at radius 3 is 2.47 bits per heavy atom. The van der Waals surface area contributed by atoms with Crippen LogP contribution in [0.2, 0.25) is 0 Å². The fraction of sp³-hybridized carbons (Fsp3) is 0.200. The van der Waals surface area contributed by atoms with Crippen LogP contribution < -0.4 is 16.4 Å². The molecule has 0 unspecified atom stereocenters. The zero-order valence-electron chi connectivity index (χ0n) is 8.20. The van der Waals surface area contributed by atoms with Crippen LogP contribution in [0.4, 0.5) is 10.5 Å². The minimum Gasteiger partial charge on any atom is -0.398 e. The van der Waals surface area contributed by atoms with Crippen LogP contribution in [-0.4, -0.2) is 11.9 Å². The van der Waals surface area contributed by atoms with E-state index in [1.165, 1.54) is 0 Å². The summed E-state index contributed by atoms with van der Waals surface area (Å²) in [6, 6.07) is 6.47. The third kappa shape index (κ3) is 1.32. The Balaban J connectivity index is 2.51. The molecule has 0 radical (unpaired) electrons. The predicted molar refractivity (Wildman–Crippen MR) is 54.9 cm³/mol. The van der Waals surface area contributed by atoms with Gasteiger partial charge in [0.05, 0.1) is 0 Å². The van der Waals surface area contributed by atoms with Gasteiger partial charge < -0.3 is 11.1 Å². The number of carbonyl (C=O) groups excluding carboxylic acids is 2. The summed E-state index contributed by atoms with van der Waals surface area (Å²) in [6.07, 6.45) is 0. The van der Waals surface area contributed by atoms with Gasteiger partial charge in [-0.1, -0.05) is 18.2 Å². The van der Waals surface area contributed by atoms with E-state index in [0.29, 0.717) is 11.3 Å². The summed E-state index contributed by atoms with van der Waals surface area (Å²) in [7, 11) is 0. The number of anilines is 1. The van der Waals surface area contributed by atoms with Crippen molar-refractivity contribution < 1.29 is 9.59 Å². The van der Waals surface area contributed by atoms with Crippen molar-refractivity contribution in [2.75, 3.05) is 5.73 Å². The molecule has 1 saturated heterocycles. The first-order valence-corrected chi connectivity index (χ1v) is 4.52. The maximum atomic E-state index is 11.6. The van der Waals surface area contributed by atoms with E-state index in [1.807, 2.05) is 0 Å². The second kappa shape index (κ2) is 2.98. The monoisotopic (exact) mass is 205 g/mol. The van der Waals surface area contributed by atoms with E-state index in [0.717, 1.165) is 0 Å². The summed E-state index contributed by atoms with van der Waals surface area (Å²) in [5.41, 5.74) is 5.78. The highest BCUT2D eigenvalue weighted by Gasteiger charge is 2.44. The molecule has 15 heavy (non-hydrogen) atoms. The predicted octanol–water partition coefficient (Wildman–Crippen LogP) is 0.323. The summed E-state index contributed by atoms with van der Waals surface area (Å²) in [5.74, 6) is -0.384. The van der Waals surface area contributed by atoms with Gasteiger partial charge in [-0.2, -0.15) is 0 Å². The average Bonchev–Trinajstić information content (AvgIpc) is 2.42. The number of amides is 3. The Bertz CT molecular complexity index is 444. The molecule has 1 aliphatic rings. The molecule has 1 aliphatic heterocycles. The Labute approximate surface area is 86.6 Å². The summed E-state index contributed by atoms with van der Waals surface area (Å²) in [6.45, 7) is 1.62. The Morgan fingerprint density at radius 1 is 1.27 bits per heavy atom. The summed E-state index contributed by atoms with van der Waals surface area (Å²) >= 11 is 0. The Hall–Kier alpha value is -2.04. The number of imide groups is 1. The van der Waals surface area contributed by atoms with Crippen molar-refractivity contribution in [3.05, 3.63) is 29.8 Å². The zero-order chi connectivity index (χ0) is 11.1. The molecule has 0 spiro atoms. The highest BCUT2D eigenvalue weighted by molar-refractivity contribution is 6.07. The van der Waals surface area contributed by atoms with Crippen molar-refractivity contribution in [2.24, 2.45) is 0 Å². The van der Waals surface area contributed by atoms with E-state index in [9.17, 15) is 9.59 Å². The number of benzene rings is 1. The van der Waals surface area contributed by atoms with Gasteiger partial charge in [-0.3, -0.25) is 10.1 Å². The van der Waals surface area contributed by atoms with Crippen LogP contribution in [0, 0.1) is 0 Å². The van der Waals surface area contributed by atoms with E-state index in [4.69, 9.17) is 5.73 Å². The molecule has 1 fully saturated rings. The normalized spacial score (nSPS) is 24.9. The van der Waals surface area contributed by atoms with Crippen LogP contribution in [0.15, 0.2) is 24.3 Å². The maximum Gasteiger partial charge on any atom is 0.322 e. The van der Waals surface area contributed by atoms with Crippen molar-refractivity contribution in [3.8, 4) is 0 Å². The minimum atomic E-state index is -1.07. The number of rotatable bonds is 1. The van der Waals surface area contributed by atoms with Crippen LogP contribution in [-0.2, 0) is 10.3 Å². The number of nitrogens with one attached hydrogen (secondary N) is 2. The average molecular weight is 205 g/mol. The molecule has 0 saturated carbocycles. The third-order valence-electron chi connectivity index (χ3n) is 2.54. The van der Waals surface area contributed by atoms with Crippen LogP contribution in [0.5, 0.6) is 0 Å². The molecule has 1 aromatic carbocycles. The second-order valence-electron chi connectivity index (χ2n) is 3.62. The zero-order valence-corrected chi connectivity index (χ0v) is 8.20. The van der Waals surface area contributed by atoms with Crippen LogP contribution in [0.3, 0.4) is 0 Å². The quantitative estimate of drug-likeness (QED) is 0.456. The smallest absolute Gasteiger partial charge is 0.322 e. The Morgan fingerprint density at radius 2 is 1.93 bits per heavy atom. The van der Waals surface area contributed by atoms with E-state index >= 15 is 0 Å². The van der Waals surface area contributed by atoms with Crippen molar-refractivity contribution in [3.63, 3.8) is 0 Å². The molecule has 4 N–H and O–H groups in total. The minimum absolute atomic E-state index is 0.384. The molecule has 0 aliphatic carbocycles. The van der Waals surface area contributed by atoms with Gasteiger partial charge >= 0.3 is 6.03 Å². The third-order valence-corrected chi connectivity index (χ3v) is 2.54. The van der Waals surface area contributed by atoms with E-state index in [2.05, 4.69) is 10.6 Å². The van der Waals surface area contributed by atoms with Crippen LogP contribution in [0.1, 0.15) is 12.5 Å². The summed E-state index contributed by atoms with van der Waals surface area (Å²) < 4.78 is 0. The Kier molecular flexibility index (Phi) is 1.89. The van der Waals surface area contributed by atoms with Gasteiger partial charge in [0, 0.05) is 11.3 Å². The fourth-order valence-electron chi connectivity index (χ4n) is 1.69. The lowest BCUT2D eigenvalue weighted by molar-refractivity contribution is -0.123. The summed E-state index contributed by atoms with van der Waals surface area (Å²) in [5, 5.41) is 4.75. The number of nitrogens with two attached hydrogens (primary N) is 1. The lowest BCUT2D eigenvalue weighted by Gasteiger charge is -2.22. The van der Waals surface area contributed by atoms with Gasteiger partial charge in [0.25, 0.3) is 5.91 Å². The largest absolute Gasteiger partial charge is 0.398 e. The lowest BCUT2D eigenvalue weighted by atomic mass is 9.91. The van der Waals surface area contributed by atoms with E-state index in [-0.39, 0.29) is 5.91 Å². The lowest BCUT2D eigenvalue weighted by Crippen LogP contribution is -2.41. The standard InChI is InChI=1S/C10H11N3O2/c1-10(8(14)12-9(15)13-10)6-4-2-3-5-7(6)11/h2-5H,11H2,1H3,(H2,12,13,14,15)/t10-/m1/s1. The number of hydrogen-bond acceptors (Lipinski definition) is 3. The highest BCUT2D eigenvalue weighted by Crippen LogP contribution is 2.28. The van der Waals surface area contributed by atoms with E-state index < -0.39 is 11.6 Å². The van der Waals surface area contributed by atoms with Crippen molar-refractivity contribution in [2.45, 2.75) is 12.5 Å². The van der Waals surface area contributed by atoms with Gasteiger partial charge in [-0.25, -0.2) is 4.79 Å². The number of nitrogen functional groups attached to an aromatic ring is 1. The highest BCUT2D eigenvalue weighted by atomic mass is 16.2. The van der Waals surface area contributed by atoms with Crippen LogP contribution >= 0.6 is 0 Å². The molecule has 1 heterocycles. The van der Waals surface area contributed by atoms with Gasteiger partial charge in [-0.05, 0) is 13.0 Å². The molecule has 0 bridgehead atoms. The molecular formula is C10H11N3O2. The second-order valence-corrected chi connectivity index (χ2v) is 3.62. The maximum absolute atomic E-state index is 11.6. The van der Waals surface area contributed by atoms with Crippen LogP contribution in [0.25, 0.3) is 0 Å². The molecule has 0 aromatic heterocycles. The SMILES string of the molecule is C[C@]1(c2ccccc2N)NC(=O)NC1=O. The molecule has 5 heteroatoms. The fourth-order valence-corrected chi connectivity index (χ4v) is 1.69. The molecule has 1 atom stereocenters. The first kappa shape index (κ1) is 9.51. The summed E-state index contributed by atoms with van der Waals surface area (Å²) in [4.78, 5) is 22.7. The van der Waals surface area contributed by atoms with Crippen molar-refractivity contribution in [1.29, 1.82) is 0 Å². The van der Waals surface area contributed by atoms with Gasteiger partial charge in [0.1, 0.15) is 5.54 Å². The molecule has 1 aromatic rings. The van der Waals surface area contributed by atoms with Gasteiger partial charge in [0.15, 0.2) is 0 Å². The molecule has 5 nitrogen and oxygen atoms in total. The number of hydrogen-bond donors (Lipinski definition) is 3. The topological polar surface area (TPSA) is 84.2 Å². The first-order chi connectivity index (χ1) is 7.04. The molecule has 3 amide bonds. The number of urea groups is 1. The molecule has 2 rings (SSSR count). The van der Waals surface area contributed by atoms with Gasteiger partial charge in [0.2, 0.25) is 0 Å². The first-order valence-electron chi connectivity index (χ1n) is 4.52. The number of para-hydroxylation sites is 1. The number of carbonyl (C=O) groups is 2. The van der Waals surface area contributed by atoms with Crippen molar-refractivity contribution >= 4 is 17.6 Å². The van der Waals surface area contributed by atoms with E-state index in [1.54, 1.807) is 31.2 Å². The van der Waals surface area contributed by atoms with Crippen molar-refractivity contribution in [1.82, 2.24) is 10.6 Å². The van der Waals surface area contributed by atoms with Gasteiger partial charge in [-0.15, -0.1) is 0 Å². The molecule has 78 valence electrons. The molecular weight excluding hydrogens is 194 g/mol.